The van der Waals surface area contributed by atoms with Crippen molar-refractivity contribution >= 4 is 23.5 Å². The topological polar surface area (TPSA) is 43.4 Å². The maximum Gasteiger partial charge on any atom is 0.306 e. The van der Waals surface area contributed by atoms with Crippen LogP contribution in [-0.4, -0.2) is 29.9 Å². The summed E-state index contributed by atoms with van der Waals surface area (Å²) >= 11 is 1.90. The minimum Gasteiger partial charge on any atom is -0.466 e. The van der Waals surface area contributed by atoms with Crippen molar-refractivity contribution < 1.29 is 14.3 Å². The molecule has 3 nitrogen and oxygen atoms in total. The van der Waals surface area contributed by atoms with Gasteiger partial charge >= 0.3 is 5.97 Å². The lowest BCUT2D eigenvalue weighted by molar-refractivity contribution is -0.144. The highest BCUT2D eigenvalue weighted by Crippen LogP contribution is 2.07. The van der Waals surface area contributed by atoms with Gasteiger partial charge in [-0.25, -0.2) is 0 Å². The number of carbonyl (C=O) groups excluding carboxylic acids is 2. The molecule has 0 amide bonds. The molecule has 0 N–H and O–H groups in total. The molecule has 0 aromatic carbocycles. The van der Waals surface area contributed by atoms with Gasteiger partial charge in [-0.3, -0.25) is 9.59 Å². The van der Waals surface area contributed by atoms with Crippen molar-refractivity contribution in [3.8, 4) is 0 Å². The van der Waals surface area contributed by atoms with Crippen LogP contribution in [0.3, 0.4) is 0 Å². The van der Waals surface area contributed by atoms with Crippen LogP contribution in [0.15, 0.2) is 0 Å². The van der Waals surface area contributed by atoms with E-state index in [1.165, 1.54) is 0 Å². The zero-order chi connectivity index (χ0) is 12.2. The second-order valence-electron chi connectivity index (χ2n) is 3.50. The van der Waals surface area contributed by atoms with Crippen molar-refractivity contribution in [2.45, 2.75) is 46.0 Å². The first-order valence-corrected chi connectivity index (χ1v) is 7.11. The summed E-state index contributed by atoms with van der Waals surface area (Å²) in [5, 5.41) is 0. The van der Waals surface area contributed by atoms with E-state index in [9.17, 15) is 9.59 Å². The number of esters is 1. The molecule has 0 spiro atoms. The number of carbonyl (C=O) groups is 2. The van der Waals surface area contributed by atoms with Gasteiger partial charge < -0.3 is 4.74 Å². The molecule has 0 aliphatic carbocycles. The Hall–Kier alpha value is -0.510. The average Bonchev–Trinajstić information content (AvgIpc) is 2.26. The van der Waals surface area contributed by atoms with Gasteiger partial charge in [0.2, 0.25) is 0 Å². The molecular weight excluding hydrogens is 224 g/mol. The third-order valence-electron chi connectivity index (χ3n) is 2.11. The summed E-state index contributed by atoms with van der Waals surface area (Å²) in [5.74, 6) is 2.17. The van der Waals surface area contributed by atoms with Crippen LogP contribution in [0.4, 0.5) is 0 Å². The molecule has 0 bridgehead atoms. The smallest absolute Gasteiger partial charge is 0.306 e. The molecule has 0 aliphatic rings. The van der Waals surface area contributed by atoms with Crippen LogP contribution in [0, 0.1) is 0 Å². The number of ether oxygens (including phenoxy) is 1. The Morgan fingerprint density at radius 3 is 2.44 bits per heavy atom. The third kappa shape index (κ3) is 10.0. The first kappa shape index (κ1) is 15.5. The number of rotatable bonds is 10. The number of unbranched alkanes of at least 4 members (excludes halogenated alkanes) is 1. The van der Waals surface area contributed by atoms with Crippen LogP contribution in [0.5, 0.6) is 0 Å². The Bertz CT molecular complexity index is 204. The summed E-state index contributed by atoms with van der Waals surface area (Å²) in [5.41, 5.74) is 0. The van der Waals surface area contributed by atoms with Crippen LogP contribution in [0.25, 0.3) is 0 Å². The van der Waals surface area contributed by atoms with E-state index in [0.29, 0.717) is 19.4 Å². The fourth-order valence-corrected chi connectivity index (χ4v) is 1.97. The molecule has 0 fully saturated rings. The van der Waals surface area contributed by atoms with Crippen molar-refractivity contribution in [1.82, 2.24) is 0 Å². The standard InChI is InChI=1S/C12H22O3S/c1-3-15-12(14)9-8-11(13)7-5-6-10-16-4-2/h3-10H2,1-2H3. The van der Waals surface area contributed by atoms with E-state index in [4.69, 9.17) is 4.74 Å². The summed E-state index contributed by atoms with van der Waals surface area (Å²) < 4.78 is 4.76. The quantitative estimate of drug-likeness (QED) is 0.439. The van der Waals surface area contributed by atoms with E-state index in [0.717, 1.165) is 24.3 Å². The van der Waals surface area contributed by atoms with Crippen molar-refractivity contribution in [2.24, 2.45) is 0 Å². The van der Waals surface area contributed by atoms with Gasteiger partial charge in [-0.05, 0) is 31.3 Å². The lowest BCUT2D eigenvalue weighted by atomic mass is 10.1. The predicted octanol–water partition coefficient (Wildman–Crippen LogP) is 2.82. The molecule has 0 rings (SSSR count). The average molecular weight is 246 g/mol. The first-order chi connectivity index (χ1) is 7.70. The molecule has 0 heterocycles. The molecule has 0 radical (unpaired) electrons. The Morgan fingerprint density at radius 1 is 1.06 bits per heavy atom. The van der Waals surface area contributed by atoms with Gasteiger partial charge in [-0.1, -0.05) is 6.92 Å². The molecule has 0 saturated heterocycles. The van der Waals surface area contributed by atoms with Gasteiger partial charge in [0.15, 0.2) is 0 Å². The highest BCUT2D eigenvalue weighted by atomic mass is 32.2. The van der Waals surface area contributed by atoms with Crippen molar-refractivity contribution in [3.63, 3.8) is 0 Å². The minimum atomic E-state index is -0.266. The van der Waals surface area contributed by atoms with Gasteiger partial charge in [0.05, 0.1) is 13.0 Å². The van der Waals surface area contributed by atoms with Crippen LogP contribution >= 0.6 is 11.8 Å². The van der Waals surface area contributed by atoms with Crippen LogP contribution in [0.2, 0.25) is 0 Å². The van der Waals surface area contributed by atoms with Crippen molar-refractivity contribution in [3.05, 3.63) is 0 Å². The highest BCUT2D eigenvalue weighted by Gasteiger charge is 2.07. The maximum absolute atomic E-state index is 11.4. The second-order valence-corrected chi connectivity index (χ2v) is 4.89. The summed E-state index contributed by atoms with van der Waals surface area (Å²) in [6, 6.07) is 0. The minimum absolute atomic E-state index is 0.176. The number of thioether (sulfide) groups is 1. The largest absolute Gasteiger partial charge is 0.466 e. The van der Waals surface area contributed by atoms with Crippen LogP contribution in [0.1, 0.15) is 46.0 Å². The van der Waals surface area contributed by atoms with Gasteiger partial charge in [0, 0.05) is 12.8 Å². The zero-order valence-corrected chi connectivity index (χ0v) is 11.1. The van der Waals surface area contributed by atoms with Crippen LogP contribution < -0.4 is 0 Å². The Labute approximate surface area is 102 Å². The van der Waals surface area contributed by atoms with E-state index in [-0.39, 0.29) is 18.2 Å². The number of hydrogen-bond donors (Lipinski definition) is 0. The van der Waals surface area contributed by atoms with Gasteiger partial charge in [0.1, 0.15) is 5.78 Å². The predicted molar refractivity (Wildman–Crippen MR) is 67.7 cm³/mol. The lowest BCUT2D eigenvalue weighted by Gasteiger charge is -2.02. The summed E-state index contributed by atoms with van der Waals surface area (Å²) in [6.07, 6.45) is 3.19. The van der Waals surface area contributed by atoms with Gasteiger partial charge in [-0.2, -0.15) is 11.8 Å². The van der Waals surface area contributed by atoms with E-state index in [1.54, 1.807) is 6.92 Å². The molecule has 0 aromatic rings. The normalized spacial score (nSPS) is 10.1. The summed E-state index contributed by atoms with van der Waals surface area (Å²) in [4.78, 5) is 22.4. The van der Waals surface area contributed by atoms with Gasteiger partial charge in [0.25, 0.3) is 0 Å². The maximum atomic E-state index is 11.4. The van der Waals surface area contributed by atoms with E-state index >= 15 is 0 Å². The second kappa shape index (κ2) is 11.0. The van der Waals surface area contributed by atoms with E-state index < -0.39 is 0 Å². The molecule has 16 heavy (non-hydrogen) atoms. The monoisotopic (exact) mass is 246 g/mol. The van der Waals surface area contributed by atoms with E-state index in [2.05, 4.69) is 6.92 Å². The molecule has 0 atom stereocenters. The van der Waals surface area contributed by atoms with Crippen molar-refractivity contribution in [2.75, 3.05) is 18.1 Å². The van der Waals surface area contributed by atoms with Crippen molar-refractivity contribution in [1.29, 1.82) is 0 Å². The Balaban J connectivity index is 3.34. The zero-order valence-electron chi connectivity index (χ0n) is 10.3. The molecule has 0 unspecified atom stereocenters. The Morgan fingerprint density at radius 2 is 1.81 bits per heavy atom. The fourth-order valence-electron chi connectivity index (χ4n) is 1.27. The number of ketones is 1. The Kier molecular flexibility index (Phi) is 10.6. The van der Waals surface area contributed by atoms with Gasteiger partial charge in [-0.15, -0.1) is 0 Å². The number of hydrogen-bond acceptors (Lipinski definition) is 4. The molecule has 0 aliphatic heterocycles. The molecule has 0 aromatic heterocycles. The highest BCUT2D eigenvalue weighted by molar-refractivity contribution is 7.99. The molecule has 4 heteroatoms. The fraction of sp³-hybridized carbons (Fsp3) is 0.833. The first-order valence-electron chi connectivity index (χ1n) is 5.95. The molecular formula is C12H22O3S. The van der Waals surface area contributed by atoms with Crippen LogP contribution in [-0.2, 0) is 14.3 Å². The lowest BCUT2D eigenvalue weighted by Crippen LogP contribution is -2.07. The number of Topliss-reactive ketones (excluding diaryl/α,β-unsaturated/α-hetero) is 1. The molecule has 94 valence electrons. The third-order valence-corrected chi connectivity index (χ3v) is 3.10. The molecule has 0 saturated carbocycles. The summed E-state index contributed by atoms with van der Waals surface area (Å²) in [7, 11) is 0. The van der Waals surface area contributed by atoms with E-state index in [1.807, 2.05) is 11.8 Å². The summed E-state index contributed by atoms with van der Waals surface area (Å²) in [6.45, 7) is 4.29. The SMILES string of the molecule is CCOC(=O)CCC(=O)CCCCSCC.